The number of pyridine rings is 1. The van der Waals surface area contributed by atoms with Gasteiger partial charge in [0.2, 0.25) is 5.88 Å². The third-order valence-corrected chi connectivity index (χ3v) is 13.1. The Morgan fingerprint density at radius 2 is 1.82 bits per heavy atom. The summed E-state index contributed by atoms with van der Waals surface area (Å²) >= 11 is 0. The lowest BCUT2D eigenvalue weighted by molar-refractivity contribution is -0.117. The number of benzene rings is 2. The van der Waals surface area contributed by atoms with Gasteiger partial charge in [-0.05, 0) is 107 Å². The van der Waals surface area contributed by atoms with Crippen molar-refractivity contribution < 1.29 is 33.2 Å². The van der Waals surface area contributed by atoms with Crippen LogP contribution in [0.25, 0.3) is 32.9 Å². The number of nitrogens with zero attached hydrogens (tertiary/aromatic N) is 6. The van der Waals surface area contributed by atoms with Crippen molar-refractivity contribution in [1.82, 2.24) is 19.9 Å². The summed E-state index contributed by atoms with van der Waals surface area (Å²) < 4.78 is 50.9. The van der Waals surface area contributed by atoms with Gasteiger partial charge in [0.25, 0.3) is 0 Å². The molecule has 4 aliphatic rings. The Kier molecular flexibility index (Phi) is 9.33. The number of aromatic hydroxyl groups is 1. The number of β-amino-alcohol motifs (C(OH)–C–C–N with tert-alkyl or cyclic N) is 1. The third-order valence-electron chi connectivity index (χ3n) is 13.1. The SMILES string of the molecule is CCc1c(F)ccc2cc(O)cc(-c3nc(OC)c4c(N5CCOC[C@@](C)(O)C5)nc(OC[C@@]56CCCN(C7CC(C)(C#N)C7)C5(C)CCC6)nc4c3F)c12. The molecule has 0 bridgehead atoms. The van der Waals surface area contributed by atoms with E-state index in [0.29, 0.717) is 42.0 Å². The summed E-state index contributed by atoms with van der Waals surface area (Å²) in [5, 5.41) is 32.9. The molecule has 8 rings (SSSR count). The lowest BCUT2D eigenvalue weighted by Crippen LogP contribution is -2.66. The van der Waals surface area contributed by atoms with E-state index in [1.54, 1.807) is 13.0 Å². The van der Waals surface area contributed by atoms with E-state index in [1.165, 1.54) is 25.3 Å². The molecule has 4 aromatic rings. The minimum absolute atomic E-state index is 0.0204. The monoisotopic (exact) mass is 756 g/mol. The van der Waals surface area contributed by atoms with Crippen LogP contribution in [0.2, 0.25) is 0 Å². The van der Waals surface area contributed by atoms with Crippen molar-refractivity contribution in [3.8, 4) is 35.0 Å². The minimum atomic E-state index is -1.24. The highest BCUT2D eigenvalue weighted by molar-refractivity contribution is 6.03. The van der Waals surface area contributed by atoms with Crippen LogP contribution in [0.5, 0.6) is 17.6 Å². The summed E-state index contributed by atoms with van der Waals surface area (Å²) in [5.74, 6) is -1.07. The number of aromatic nitrogens is 3. The first-order chi connectivity index (χ1) is 26.2. The van der Waals surface area contributed by atoms with Crippen molar-refractivity contribution in [3.05, 3.63) is 41.5 Å². The number of fused-ring (bicyclic) bond motifs is 3. The molecule has 0 spiro atoms. The second-order valence-electron chi connectivity index (χ2n) is 17.0. The zero-order valence-electron chi connectivity index (χ0n) is 32.3. The molecule has 55 heavy (non-hydrogen) atoms. The second-order valence-corrected chi connectivity index (χ2v) is 17.0. The first kappa shape index (κ1) is 37.5. The normalized spacial score (nSPS) is 29.8. The van der Waals surface area contributed by atoms with Crippen molar-refractivity contribution >= 4 is 27.5 Å². The number of rotatable bonds is 8. The zero-order valence-corrected chi connectivity index (χ0v) is 32.3. The number of nitriles is 1. The molecule has 2 aliphatic carbocycles. The molecule has 0 amide bonds. The number of hydrogen-bond acceptors (Lipinski definition) is 11. The maximum atomic E-state index is 17.4. The van der Waals surface area contributed by atoms with E-state index in [4.69, 9.17) is 24.2 Å². The zero-order chi connectivity index (χ0) is 38.9. The van der Waals surface area contributed by atoms with Gasteiger partial charge in [-0.25, -0.2) is 13.8 Å². The van der Waals surface area contributed by atoms with Gasteiger partial charge in [-0.15, -0.1) is 0 Å². The molecule has 0 radical (unpaired) electrons. The molecule has 2 aromatic carbocycles. The van der Waals surface area contributed by atoms with Crippen LogP contribution in [-0.4, -0.2) is 93.8 Å². The molecule has 2 N–H and O–H groups in total. The Labute approximate surface area is 320 Å². The number of hydrogen-bond donors (Lipinski definition) is 2. The summed E-state index contributed by atoms with van der Waals surface area (Å²) in [7, 11) is 1.42. The quantitative estimate of drug-likeness (QED) is 0.191. The van der Waals surface area contributed by atoms with E-state index in [9.17, 15) is 15.5 Å². The van der Waals surface area contributed by atoms with E-state index in [2.05, 4.69) is 22.9 Å². The highest BCUT2D eigenvalue weighted by atomic mass is 19.1. The first-order valence-corrected chi connectivity index (χ1v) is 19.5. The first-order valence-electron chi connectivity index (χ1n) is 19.5. The van der Waals surface area contributed by atoms with Gasteiger partial charge < -0.3 is 29.3 Å². The fourth-order valence-corrected chi connectivity index (χ4v) is 10.3. The molecule has 2 saturated heterocycles. The number of methoxy groups -OCH3 is 1. The Bertz CT molecular complexity index is 2210. The lowest BCUT2D eigenvalue weighted by atomic mass is 9.61. The number of piperidine rings is 1. The number of halogens is 2. The topological polar surface area (TPSA) is 137 Å². The van der Waals surface area contributed by atoms with Crippen molar-refractivity contribution in [1.29, 1.82) is 5.26 Å². The predicted molar refractivity (Wildman–Crippen MR) is 204 cm³/mol. The molecule has 4 heterocycles. The third kappa shape index (κ3) is 6.21. The number of likely N-dealkylation sites (tertiary alicyclic amines) is 1. The van der Waals surface area contributed by atoms with Gasteiger partial charge in [-0.2, -0.15) is 15.2 Å². The molecule has 2 aliphatic heterocycles. The van der Waals surface area contributed by atoms with Crippen LogP contribution in [0.4, 0.5) is 14.6 Å². The number of aryl methyl sites for hydroxylation is 1. The van der Waals surface area contributed by atoms with Crippen molar-refractivity contribution in [3.63, 3.8) is 0 Å². The summed E-state index contributed by atoms with van der Waals surface area (Å²) in [6, 6.07) is 8.63. The summed E-state index contributed by atoms with van der Waals surface area (Å²) in [6.45, 7) is 10.0. The largest absolute Gasteiger partial charge is 0.508 e. The van der Waals surface area contributed by atoms with Crippen LogP contribution >= 0.6 is 0 Å². The molecular weight excluding hydrogens is 706 g/mol. The van der Waals surface area contributed by atoms with E-state index in [1.807, 2.05) is 18.7 Å². The van der Waals surface area contributed by atoms with Crippen molar-refractivity contribution in [2.75, 3.05) is 51.5 Å². The Morgan fingerprint density at radius 1 is 1.04 bits per heavy atom. The number of anilines is 1. The summed E-state index contributed by atoms with van der Waals surface area (Å²) in [6.07, 6.45) is 7.03. The average Bonchev–Trinajstić information content (AvgIpc) is 3.39. The Balaban J connectivity index is 1.26. The molecule has 2 aromatic heterocycles. The molecule has 11 nitrogen and oxygen atoms in total. The average molecular weight is 757 g/mol. The van der Waals surface area contributed by atoms with Gasteiger partial charge in [0.05, 0.1) is 45.0 Å². The molecule has 3 atom stereocenters. The number of phenolic OH excluding ortho intramolecular Hbond substituents is 1. The van der Waals surface area contributed by atoms with Gasteiger partial charge in [0, 0.05) is 29.1 Å². The number of aliphatic hydroxyl groups is 1. The van der Waals surface area contributed by atoms with Gasteiger partial charge in [0.1, 0.15) is 39.6 Å². The maximum absolute atomic E-state index is 17.4. The fourth-order valence-electron chi connectivity index (χ4n) is 10.3. The standard InChI is InChI=1S/C42H50F2N6O5/c1-6-28-30(43)10-9-25-17-27(51)18-29(31(25)28)34-33(44)35-32(37(46-34)53-5)36(49-15-16-54-23-40(3,52)22-49)48-38(47-35)55-24-42-12-7-11-41(42,4)50(14-8-13-42)26-19-39(2,20-26)21-45/h9-10,17-18,26,51-52H,6-8,11-16,19-20,22-24H2,1-5H3/t26?,39?,40-,41?,42+/m0/s1. The number of phenols is 1. The Hall–Kier alpha value is -4.38. The van der Waals surface area contributed by atoms with E-state index < -0.39 is 17.2 Å². The van der Waals surface area contributed by atoms with Crippen LogP contribution in [0.3, 0.4) is 0 Å². The summed E-state index contributed by atoms with van der Waals surface area (Å²) in [5.41, 5.74) is -1.60. The minimum Gasteiger partial charge on any atom is -0.508 e. The van der Waals surface area contributed by atoms with E-state index in [-0.39, 0.29) is 81.7 Å². The molecular formula is C42H50F2N6O5. The molecule has 1 unspecified atom stereocenters. The highest BCUT2D eigenvalue weighted by Crippen LogP contribution is 2.59. The van der Waals surface area contributed by atoms with Gasteiger partial charge >= 0.3 is 6.01 Å². The second kappa shape index (κ2) is 13.7. The Morgan fingerprint density at radius 3 is 2.56 bits per heavy atom. The van der Waals surface area contributed by atoms with Crippen molar-refractivity contribution in [2.24, 2.45) is 10.8 Å². The molecule has 13 heteroatoms. The predicted octanol–water partition coefficient (Wildman–Crippen LogP) is 7.08. The van der Waals surface area contributed by atoms with Crippen molar-refractivity contribution in [2.45, 2.75) is 96.2 Å². The molecule has 2 saturated carbocycles. The maximum Gasteiger partial charge on any atom is 0.319 e. The van der Waals surface area contributed by atoms with Gasteiger partial charge in [-0.1, -0.05) is 19.4 Å². The highest BCUT2D eigenvalue weighted by Gasteiger charge is 2.60. The smallest absolute Gasteiger partial charge is 0.319 e. The van der Waals surface area contributed by atoms with Gasteiger partial charge in [0.15, 0.2) is 5.82 Å². The van der Waals surface area contributed by atoms with Crippen LogP contribution < -0.4 is 14.4 Å². The molecule has 4 fully saturated rings. The van der Waals surface area contributed by atoms with E-state index in [0.717, 1.165) is 51.5 Å². The van der Waals surface area contributed by atoms with Crippen LogP contribution in [0.1, 0.15) is 78.2 Å². The lowest BCUT2D eigenvalue weighted by Gasteiger charge is -2.60. The van der Waals surface area contributed by atoms with Gasteiger partial charge in [-0.3, -0.25) is 4.90 Å². The van der Waals surface area contributed by atoms with Crippen LogP contribution in [-0.2, 0) is 11.2 Å². The van der Waals surface area contributed by atoms with E-state index >= 15 is 8.78 Å². The number of ether oxygens (including phenoxy) is 3. The summed E-state index contributed by atoms with van der Waals surface area (Å²) in [4.78, 5) is 18.8. The van der Waals surface area contributed by atoms with Crippen LogP contribution in [0.15, 0.2) is 24.3 Å². The van der Waals surface area contributed by atoms with Crippen LogP contribution in [0, 0.1) is 33.8 Å². The molecule has 292 valence electrons. The fraction of sp³-hybridized carbons (Fsp3) is 0.571.